The summed E-state index contributed by atoms with van der Waals surface area (Å²) in [5.41, 5.74) is 3.49. The predicted octanol–water partition coefficient (Wildman–Crippen LogP) is 5.02. The summed E-state index contributed by atoms with van der Waals surface area (Å²) < 4.78 is 7.28. The first-order valence-electron chi connectivity index (χ1n) is 11.7. The molecule has 180 valence electrons. The lowest BCUT2D eigenvalue weighted by molar-refractivity contribution is -0.118. The van der Waals surface area contributed by atoms with Gasteiger partial charge in [-0.2, -0.15) is 0 Å². The summed E-state index contributed by atoms with van der Waals surface area (Å²) in [4.78, 5) is 12.7. The molecule has 0 atom stereocenters. The summed E-state index contributed by atoms with van der Waals surface area (Å²) in [6, 6.07) is 30.8. The second-order valence-electron chi connectivity index (χ2n) is 8.12. The van der Waals surface area contributed by atoms with Gasteiger partial charge in [-0.1, -0.05) is 103 Å². The molecule has 0 unspecified atom stereocenters. The lowest BCUT2D eigenvalue weighted by atomic mass is 9.88. The van der Waals surface area contributed by atoms with E-state index in [2.05, 4.69) is 64.0 Å². The van der Waals surface area contributed by atoms with E-state index in [1.807, 2.05) is 47.0 Å². The number of thioether (sulfide) groups is 1. The van der Waals surface area contributed by atoms with Crippen LogP contribution < -0.4 is 5.32 Å². The molecule has 0 fully saturated rings. The van der Waals surface area contributed by atoms with E-state index in [1.165, 1.54) is 22.9 Å². The number of carbonyl (C=O) groups is 1. The molecule has 3 aromatic carbocycles. The van der Waals surface area contributed by atoms with Crippen LogP contribution in [0.2, 0.25) is 0 Å². The number of hydrogen-bond donors (Lipinski definition) is 1. The zero-order chi connectivity index (χ0) is 24.3. The van der Waals surface area contributed by atoms with E-state index in [0.29, 0.717) is 24.9 Å². The van der Waals surface area contributed by atoms with Crippen LogP contribution in [0.15, 0.2) is 96.2 Å². The summed E-state index contributed by atoms with van der Waals surface area (Å²) in [6.07, 6.45) is 0.826. The van der Waals surface area contributed by atoms with Crippen LogP contribution in [0, 0.1) is 0 Å². The molecule has 35 heavy (non-hydrogen) atoms. The molecule has 1 amide bonds. The standard InChI is InChI=1S/C28H30N4O2S/c1-34-20-19-32-27(24-15-9-4-10-16-24)30-31-28(32)35-21-26(33)29-18-17-25(22-11-5-2-6-12-22)23-13-7-3-8-14-23/h2-16,25H,17-21H2,1H3,(H,29,33). The SMILES string of the molecule is COCCn1c(SCC(=O)NCCC(c2ccccc2)c2ccccc2)nnc1-c1ccccc1. The highest BCUT2D eigenvalue weighted by molar-refractivity contribution is 7.99. The molecule has 4 aromatic rings. The van der Waals surface area contributed by atoms with Crippen molar-refractivity contribution in [2.24, 2.45) is 0 Å². The molecule has 1 N–H and O–H groups in total. The predicted molar refractivity (Wildman–Crippen MR) is 140 cm³/mol. The Balaban J connectivity index is 1.35. The summed E-state index contributed by atoms with van der Waals surface area (Å²) in [5.74, 6) is 1.27. The average Bonchev–Trinajstić information content (AvgIpc) is 3.33. The third-order valence-electron chi connectivity index (χ3n) is 5.76. The van der Waals surface area contributed by atoms with Gasteiger partial charge in [0.05, 0.1) is 18.9 Å². The van der Waals surface area contributed by atoms with Gasteiger partial charge in [0.2, 0.25) is 5.91 Å². The van der Waals surface area contributed by atoms with Crippen molar-refractivity contribution in [1.29, 1.82) is 0 Å². The molecule has 0 spiro atoms. The number of benzene rings is 3. The minimum atomic E-state index is -0.0163. The van der Waals surface area contributed by atoms with Gasteiger partial charge in [-0.05, 0) is 17.5 Å². The molecule has 4 rings (SSSR count). The van der Waals surface area contributed by atoms with Crippen LogP contribution in [0.1, 0.15) is 23.5 Å². The molecule has 0 radical (unpaired) electrons. The second-order valence-corrected chi connectivity index (χ2v) is 9.06. The van der Waals surface area contributed by atoms with Gasteiger partial charge in [-0.3, -0.25) is 9.36 Å². The lowest BCUT2D eigenvalue weighted by Crippen LogP contribution is -2.27. The van der Waals surface area contributed by atoms with Crippen molar-refractivity contribution in [2.45, 2.75) is 24.0 Å². The molecule has 0 bridgehead atoms. The van der Waals surface area contributed by atoms with E-state index < -0.39 is 0 Å². The molecule has 0 aliphatic carbocycles. The largest absolute Gasteiger partial charge is 0.383 e. The highest BCUT2D eigenvalue weighted by Gasteiger charge is 2.17. The Bertz CT molecular complexity index is 1140. The van der Waals surface area contributed by atoms with Crippen LogP contribution in [0.3, 0.4) is 0 Å². The molecular weight excluding hydrogens is 456 g/mol. The monoisotopic (exact) mass is 486 g/mol. The number of aromatic nitrogens is 3. The second kappa shape index (κ2) is 12.9. The summed E-state index contributed by atoms with van der Waals surface area (Å²) in [5, 5.41) is 12.5. The first-order chi connectivity index (χ1) is 17.3. The minimum Gasteiger partial charge on any atom is -0.383 e. The van der Waals surface area contributed by atoms with Crippen molar-refractivity contribution in [3.63, 3.8) is 0 Å². The van der Waals surface area contributed by atoms with Crippen LogP contribution in [0.25, 0.3) is 11.4 Å². The molecule has 7 heteroatoms. The Morgan fingerprint density at radius 3 is 2.11 bits per heavy atom. The van der Waals surface area contributed by atoms with Crippen LogP contribution in [-0.4, -0.2) is 46.7 Å². The number of nitrogens with zero attached hydrogens (tertiary/aromatic N) is 3. The van der Waals surface area contributed by atoms with E-state index in [1.54, 1.807) is 7.11 Å². The normalized spacial score (nSPS) is 11.0. The Hall–Kier alpha value is -3.42. The molecule has 0 aliphatic heterocycles. The maximum absolute atomic E-state index is 12.7. The van der Waals surface area contributed by atoms with Gasteiger partial charge in [0.25, 0.3) is 0 Å². The van der Waals surface area contributed by atoms with Crippen LogP contribution in [0.4, 0.5) is 0 Å². The zero-order valence-electron chi connectivity index (χ0n) is 19.8. The van der Waals surface area contributed by atoms with E-state index in [9.17, 15) is 4.79 Å². The Labute approximate surface area is 210 Å². The number of ether oxygens (including phenoxy) is 1. The van der Waals surface area contributed by atoms with Gasteiger partial charge in [-0.25, -0.2) is 0 Å². The van der Waals surface area contributed by atoms with Gasteiger partial charge >= 0.3 is 0 Å². The van der Waals surface area contributed by atoms with Crippen molar-refractivity contribution >= 4 is 17.7 Å². The highest BCUT2D eigenvalue weighted by atomic mass is 32.2. The van der Waals surface area contributed by atoms with Crippen LogP contribution in [0.5, 0.6) is 0 Å². The highest BCUT2D eigenvalue weighted by Crippen LogP contribution is 2.27. The Morgan fingerprint density at radius 1 is 0.914 bits per heavy atom. The van der Waals surface area contributed by atoms with Crippen molar-refractivity contribution in [3.8, 4) is 11.4 Å². The van der Waals surface area contributed by atoms with Gasteiger partial charge in [0.15, 0.2) is 11.0 Å². The molecule has 0 saturated carbocycles. The molecule has 0 saturated heterocycles. The Morgan fingerprint density at radius 2 is 1.51 bits per heavy atom. The summed E-state index contributed by atoms with van der Waals surface area (Å²) in [7, 11) is 1.67. The third-order valence-corrected chi connectivity index (χ3v) is 6.73. The molecular formula is C28H30N4O2S. The number of carbonyl (C=O) groups excluding carboxylic acids is 1. The van der Waals surface area contributed by atoms with Crippen LogP contribution >= 0.6 is 11.8 Å². The first kappa shape index (κ1) is 24.7. The number of rotatable bonds is 12. The fourth-order valence-electron chi connectivity index (χ4n) is 4.01. The lowest BCUT2D eigenvalue weighted by Gasteiger charge is -2.18. The van der Waals surface area contributed by atoms with Crippen LogP contribution in [-0.2, 0) is 16.1 Å². The number of amides is 1. The maximum atomic E-state index is 12.7. The number of nitrogens with one attached hydrogen (secondary N) is 1. The quantitative estimate of drug-likeness (QED) is 0.285. The van der Waals surface area contributed by atoms with Gasteiger partial charge < -0.3 is 10.1 Å². The van der Waals surface area contributed by atoms with Crippen molar-refractivity contribution in [1.82, 2.24) is 20.1 Å². The summed E-state index contributed by atoms with van der Waals surface area (Å²) >= 11 is 1.39. The number of methoxy groups -OCH3 is 1. The zero-order valence-corrected chi connectivity index (χ0v) is 20.7. The van der Waals surface area contributed by atoms with Crippen molar-refractivity contribution in [2.75, 3.05) is 26.0 Å². The minimum absolute atomic E-state index is 0.0163. The third kappa shape index (κ3) is 6.81. The fraction of sp³-hybridized carbons (Fsp3) is 0.250. The van der Waals surface area contributed by atoms with Gasteiger partial charge in [0, 0.05) is 25.1 Å². The Kier molecular flexibility index (Phi) is 9.09. The van der Waals surface area contributed by atoms with Gasteiger partial charge in [-0.15, -0.1) is 10.2 Å². The topological polar surface area (TPSA) is 69.0 Å². The molecule has 1 heterocycles. The molecule has 1 aromatic heterocycles. The number of hydrogen-bond acceptors (Lipinski definition) is 5. The smallest absolute Gasteiger partial charge is 0.230 e. The van der Waals surface area contributed by atoms with E-state index in [-0.39, 0.29) is 17.6 Å². The van der Waals surface area contributed by atoms with Gasteiger partial charge in [0.1, 0.15) is 0 Å². The molecule has 6 nitrogen and oxygen atoms in total. The summed E-state index contributed by atoms with van der Waals surface area (Å²) in [6.45, 7) is 1.75. The van der Waals surface area contributed by atoms with E-state index in [4.69, 9.17) is 4.74 Å². The molecule has 0 aliphatic rings. The maximum Gasteiger partial charge on any atom is 0.230 e. The van der Waals surface area contributed by atoms with E-state index >= 15 is 0 Å². The van der Waals surface area contributed by atoms with E-state index in [0.717, 1.165) is 17.8 Å². The first-order valence-corrected chi connectivity index (χ1v) is 12.7. The fourth-order valence-corrected chi connectivity index (χ4v) is 4.81. The average molecular weight is 487 g/mol. The van der Waals surface area contributed by atoms with Crippen molar-refractivity contribution in [3.05, 3.63) is 102 Å². The van der Waals surface area contributed by atoms with Crippen molar-refractivity contribution < 1.29 is 9.53 Å².